The number of carbonyl (C=O) groups excluding carboxylic acids is 1. The van der Waals surface area contributed by atoms with E-state index in [9.17, 15) is 21.6 Å². The number of rotatable bonds is 6. The van der Waals surface area contributed by atoms with Crippen molar-refractivity contribution in [2.45, 2.75) is 35.6 Å². The maximum Gasteiger partial charge on any atom is 0.253 e. The van der Waals surface area contributed by atoms with Gasteiger partial charge in [-0.1, -0.05) is 30.2 Å². The molecule has 0 aliphatic carbocycles. The number of nitrogens with one attached hydrogen (secondary N) is 1. The van der Waals surface area contributed by atoms with Gasteiger partial charge < -0.3 is 5.32 Å². The van der Waals surface area contributed by atoms with Gasteiger partial charge in [-0.3, -0.25) is 4.79 Å². The van der Waals surface area contributed by atoms with Gasteiger partial charge in [-0.2, -0.15) is 4.31 Å². The fourth-order valence-corrected chi connectivity index (χ4v) is 5.70. The standard InChI is InChI=1S/C20H23ClN2O5S2/c1-29(25,26)16-8-9-19(21)18(13-16)20(24)22-14-15-6-5-7-17(12-15)30(27,28)23-10-3-2-4-11-23/h5-9,12-13H,2-4,10-11,14H2,1H3,(H,22,24). The first-order valence-corrected chi connectivity index (χ1v) is 13.2. The van der Waals surface area contributed by atoms with Crippen molar-refractivity contribution in [1.29, 1.82) is 0 Å². The Morgan fingerprint density at radius 3 is 2.37 bits per heavy atom. The van der Waals surface area contributed by atoms with E-state index >= 15 is 0 Å². The minimum Gasteiger partial charge on any atom is -0.348 e. The number of hydrogen-bond donors (Lipinski definition) is 1. The van der Waals surface area contributed by atoms with Crippen LogP contribution in [0.2, 0.25) is 5.02 Å². The SMILES string of the molecule is CS(=O)(=O)c1ccc(Cl)c(C(=O)NCc2cccc(S(=O)(=O)N3CCCCC3)c2)c1. The summed E-state index contributed by atoms with van der Waals surface area (Å²) in [6, 6.07) is 10.4. The van der Waals surface area contributed by atoms with Crippen LogP contribution in [0.3, 0.4) is 0 Å². The lowest BCUT2D eigenvalue weighted by Crippen LogP contribution is -2.35. The van der Waals surface area contributed by atoms with E-state index in [-0.39, 0.29) is 26.9 Å². The molecule has 0 radical (unpaired) electrons. The molecule has 0 bridgehead atoms. The number of hydrogen-bond acceptors (Lipinski definition) is 5. The van der Waals surface area contributed by atoms with Crippen molar-refractivity contribution in [2.75, 3.05) is 19.3 Å². The van der Waals surface area contributed by atoms with Crippen LogP contribution in [0, 0.1) is 0 Å². The highest BCUT2D eigenvalue weighted by atomic mass is 35.5. The zero-order chi connectivity index (χ0) is 21.9. The van der Waals surface area contributed by atoms with Gasteiger partial charge in [0, 0.05) is 25.9 Å². The second kappa shape index (κ2) is 9.05. The molecule has 0 saturated carbocycles. The quantitative estimate of drug-likeness (QED) is 0.699. The summed E-state index contributed by atoms with van der Waals surface area (Å²) in [6.45, 7) is 1.10. The number of nitrogens with zero attached hydrogens (tertiary/aromatic N) is 1. The molecule has 2 aromatic rings. The van der Waals surface area contributed by atoms with Crippen molar-refractivity contribution in [1.82, 2.24) is 9.62 Å². The van der Waals surface area contributed by atoms with Gasteiger partial charge >= 0.3 is 0 Å². The third kappa shape index (κ3) is 5.21. The average molecular weight is 471 g/mol. The van der Waals surface area contributed by atoms with E-state index in [4.69, 9.17) is 11.6 Å². The Labute approximate surface area is 182 Å². The number of carbonyl (C=O) groups is 1. The molecule has 0 atom stereocenters. The van der Waals surface area contributed by atoms with Gasteiger partial charge in [0.2, 0.25) is 10.0 Å². The Hall–Kier alpha value is -1.94. The molecule has 10 heteroatoms. The van der Waals surface area contributed by atoms with E-state index in [1.165, 1.54) is 22.5 Å². The van der Waals surface area contributed by atoms with Crippen molar-refractivity contribution >= 4 is 37.4 Å². The van der Waals surface area contributed by atoms with Crippen LogP contribution in [0.15, 0.2) is 52.3 Å². The van der Waals surface area contributed by atoms with Crippen molar-refractivity contribution in [3.63, 3.8) is 0 Å². The van der Waals surface area contributed by atoms with E-state index in [2.05, 4.69) is 5.32 Å². The van der Waals surface area contributed by atoms with E-state index in [1.54, 1.807) is 24.3 Å². The van der Waals surface area contributed by atoms with Gasteiger partial charge in [0.15, 0.2) is 9.84 Å². The lowest BCUT2D eigenvalue weighted by atomic mass is 10.2. The smallest absolute Gasteiger partial charge is 0.253 e. The van der Waals surface area contributed by atoms with Crippen LogP contribution in [0.25, 0.3) is 0 Å². The van der Waals surface area contributed by atoms with Gasteiger partial charge in [0.25, 0.3) is 5.91 Å². The van der Waals surface area contributed by atoms with Crippen LogP contribution in [0.5, 0.6) is 0 Å². The molecule has 0 aromatic heterocycles. The average Bonchev–Trinajstić information content (AvgIpc) is 2.72. The summed E-state index contributed by atoms with van der Waals surface area (Å²) in [4.78, 5) is 12.7. The van der Waals surface area contributed by atoms with Crippen molar-refractivity contribution < 1.29 is 21.6 Å². The highest BCUT2D eigenvalue weighted by Crippen LogP contribution is 2.22. The highest BCUT2D eigenvalue weighted by Gasteiger charge is 2.26. The lowest BCUT2D eigenvalue weighted by molar-refractivity contribution is 0.0951. The van der Waals surface area contributed by atoms with Crippen molar-refractivity contribution in [2.24, 2.45) is 0 Å². The van der Waals surface area contributed by atoms with Crippen molar-refractivity contribution in [3.8, 4) is 0 Å². The molecule has 2 aromatic carbocycles. The Morgan fingerprint density at radius 2 is 1.70 bits per heavy atom. The molecule has 1 amide bonds. The van der Waals surface area contributed by atoms with Crippen LogP contribution in [-0.2, 0) is 26.4 Å². The summed E-state index contributed by atoms with van der Waals surface area (Å²) in [6.07, 6.45) is 3.78. The van der Waals surface area contributed by atoms with E-state index in [1.807, 2.05) is 0 Å². The summed E-state index contributed by atoms with van der Waals surface area (Å²) in [5.74, 6) is -0.546. The first-order chi connectivity index (χ1) is 14.1. The first-order valence-electron chi connectivity index (χ1n) is 9.46. The van der Waals surface area contributed by atoms with Crippen LogP contribution in [-0.4, -0.2) is 46.4 Å². The second-order valence-corrected chi connectivity index (χ2v) is 11.6. The molecular formula is C20H23ClN2O5S2. The molecule has 1 heterocycles. The molecule has 0 unspecified atom stereocenters. The first kappa shape index (κ1) is 22.7. The van der Waals surface area contributed by atoms with Gasteiger partial charge in [-0.15, -0.1) is 0 Å². The van der Waals surface area contributed by atoms with Gasteiger partial charge in [0.1, 0.15) is 0 Å². The molecule has 7 nitrogen and oxygen atoms in total. The van der Waals surface area contributed by atoms with E-state index in [0.717, 1.165) is 25.5 Å². The number of piperidine rings is 1. The van der Waals surface area contributed by atoms with Gasteiger partial charge in [0.05, 0.1) is 20.4 Å². The fraction of sp³-hybridized carbons (Fsp3) is 0.350. The predicted octanol–water partition coefficient (Wildman–Crippen LogP) is 2.85. The number of amides is 1. The highest BCUT2D eigenvalue weighted by molar-refractivity contribution is 7.90. The number of sulfone groups is 1. The zero-order valence-corrected chi connectivity index (χ0v) is 18.9. The molecule has 162 valence electrons. The third-order valence-electron chi connectivity index (χ3n) is 4.91. The normalized spacial score (nSPS) is 15.7. The minimum atomic E-state index is -3.57. The van der Waals surface area contributed by atoms with E-state index < -0.39 is 25.8 Å². The third-order valence-corrected chi connectivity index (χ3v) is 8.25. The Bertz CT molecular complexity index is 1160. The lowest BCUT2D eigenvalue weighted by Gasteiger charge is -2.26. The molecule has 1 saturated heterocycles. The van der Waals surface area contributed by atoms with Gasteiger partial charge in [-0.25, -0.2) is 16.8 Å². The molecular weight excluding hydrogens is 448 g/mol. The Balaban J connectivity index is 1.75. The van der Waals surface area contributed by atoms with Crippen LogP contribution in [0.4, 0.5) is 0 Å². The molecule has 1 aliphatic heterocycles. The monoisotopic (exact) mass is 470 g/mol. The summed E-state index contributed by atoms with van der Waals surface area (Å²) >= 11 is 6.05. The molecule has 0 spiro atoms. The predicted molar refractivity (Wildman–Crippen MR) is 115 cm³/mol. The van der Waals surface area contributed by atoms with Crippen LogP contribution < -0.4 is 5.32 Å². The number of benzene rings is 2. The van der Waals surface area contributed by atoms with Crippen LogP contribution >= 0.6 is 11.6 Å². The molecule has 30 heavy (non-hydrogen) atoms. The number of halogens is 1. The summed E-state index contributed by atoms with van der Waals surface area (Å²) in [5.41, 5.74) is 0.647. The number of sulfonamides is 1. The fourth-order valence-electron chi connectivity index (χ4n) is 3.26. The topological polar surface area (TPSA) is 101 Å². The maximum absolute atomic E-state index is 12.8. The maximum atomic E-state index is 12.8. The van der Waals surface area contributed by atoms with Crippen LogP contribution in [0.1, 0.15) is 35.2 Å². The van der Waals surface area contributed by atoms with Crippen molar-refractivity contribution in [3.05, 3.63) is 58.6 Å². The molecule has 3 rings (SSSR count). The summed E-state index contributed by atoms with van der Waals surface area (Å²) in [5, 5.41) is 2.79. The van der Waals surface area contributed by atoms with E-state index in [0.29, 0.717) is 18.7 Å². The molecule has 1 fully saturated rings. The second-order valence-electron chi connectivity index (χ2n) is 7.21. The zero-order valence-electron chi connectivity index (χ0n) is 16.5. The molecule has 1 N–H and O–H groups in total. The summed E-state index contributed by atoms with van der Waals surface area (Å²) < 4.78 is 50.6. The largest absolute Gasteiger partial charge is 0.348 e. The van der Waals surface area contributed by atoms with Gasteiger partial charge in [-0.05, 0) is 48.7 Å². The minimum absolute atomic E-state index is 0.00771. The summed E-state index contributed by atoms with van der Waals surface area (Å²) in [7, 11) is -7.06. The Kier molecular flexibility index (Phi) is 6.86. The molecule has 1 aliphatic rings. The Morgan fingerprint density at radius 1 is 1.00 bits per heavy atom.